The SMILES string of the molecule is O=C(CS(=O)Cc1ccc(F)cc1Cl)NCc1cccs1. The number of nitrogens with one attached hydrogen (secondary N) is 1. The largest absolute Gasteiger partial charge is 0.350 e. The number of amides is 1. The number of hydrogen-bond acceptors (Lipinski definition) is 3. The van der Waals surface area contributed by atoms with Crippen molar-refractivity contribution in [1.82, 2.24) is 5.32 Å². The Bertz CT molecular complexity index is 646. The number of hydrogen-bond donors (Lipinski definition) is 1. The van der Waals surface area contributed by atoms with E-state index in [-0.39, 0.29) is 22.4 Å². The molecule has 0 fully saturated rings. The average molecular weight is 346 g/mol. The summed E-state index contributed by atoms with van der Waals surface area (Å²) in [4.78, 5) is 12.7. The lowest BCUT2D eigenvalue weighted by Crippen LogP contribution is -2.27. The van der Waals surface area contributed by atoms with E-state index < -0.39 is 16.6 Å². The Labute approximate surface area is 133 Å². The van der Waals surface area contributed by atoms with Gasteiger partial charge in [-0.15, -0.1) is 11.3 Å². The first-order chi connectivity index (χ1) is 10.0. The molecule has 2 aromatic rings. The highest BCUT2D eigenvalue weighted by molar-refractivity contribution is 7.84. The zero-order chi connectivity index (χ0) is 15.2. The lowest BCUT2D eigenvalue weighted by atomic mass is 10.2. The fourth-order valence-electron chi connectivity index (χ4n) is 1.66. The standard InChI is InChI=1S/C14H13ClFNO2S2/c15-13-6-11(16)4-3-10(13)8-21(19)9-14(18)17-7-12-2-1-5-20-12/h1-6H,7-9H2,(H,17,18). The minimum atomic E-state index is -1.38. The van der Waals surface area contributed by atoms with Crippen LogP contribution in [0.1, 0.15) is 10.4 Å². The van der Waals surface area contributed by atoms with Gasteiger partial charge in [0, 0.05) is 20.7 Å². The van der Waals surface area contributed by atoms with Gasteiger partial charge in [-0.05, 0) is 29.1 Å². The van der Waals surface area contributed by atoms with E-state index >= 15 is 0 Å². The maximum Gasteiger partial charge on any atom is 0.232 e. The van der Waals surface area contributed by atoms with E-state index in [1.165, 1.54) is 18.2 Å². The van der Waals surface area contributed by atoms with Crippen LogP contribution < -0.4 is 5.32 Å². The van der Waals surface area contributed by atoms with Crippen LogP contribution in [0.2, 0.25) is 5.02 Å². The van der Waals surface area contributed by atoms with E-state index in [0.29, 0.717) is 12.1 Å². The van der Waals surface area contributed by atoms with E-state index in [1.54, 1.807) is 11.3 Å². The van der Waals surface area contributed by atoms with Gasteiger partial charge < -0.3 is 5.32 Å². The summed E-state index contributed by atoms with van der Waals surface area (Å²) in [5.41, 5.74) is 0.572. The zero-order valence-corrected chi connectivity index (χ0v) is 13.4. The normalized spacial score (nSPS) is 12.1. The minimum absolute atomic E-state index is 0.0981. The van der Waals surface area contributed by atoms with Crippen molar-refractivity contribution in [3.8, 4) is 0 Å². The molecule has 3 nitrogen and oxygen atoms in total. The summed E-state index contributed by atoms with van der Waals surface area (Å²) in [7, 11) is -1.38. The zero-order valence-electron chi connectivity index (χ0n) is 11.0. The van der Waals surface area contributed by atoms with Crippen LogP contribution >= 0.6 is 22.9 Å². The van der Waals surface area contributed by atoms with Gasteiger partial charge in [0.15, 0.2) is 0 Å². The highest BCUT2D eigenvalue weighted by Crippen LogP contribution is 2.18. The molecule has 0 aliphatic heterocycles. The third-order valence-electron chi connectivity index (χ3n) is 2.66. The molecule has 0 saturated carbocycles. The molecule has 1 heterocycles. The fourth-order valence-corrected chi connectivity index (χ4v) is 3.71. The van der Waals surface area contributed by atoms with Crippen molar-refractivity contribution in [2.75, 3.05) is 5.75 Å². The summed E-state index contributed by atoms with van der Waals surface area (Å²) < 4.78 is 24.8. The van der Waals surface area contributed by atoms with Crippen LogP contribution in [0.25, 0.3) is 0 Å². The van der Waals surface area contributed by atoms with Gasteiger partial charge in [-0.2, -0.15) is 0 Å². The van der Waals surface area contributed by atoms with Crippen molar-refractivity contribution in [2.45, 2.75) is 12.3 Å². The quantitative estimate of drug-likeness (QED) is 0.874. The molecule has 1 amide bonds. The molecule has 0 aliphatic rings. The molecule has 0 saturated heterocycles. The van der Waals surface area contributed by atoms with Crippen LogP contribution in [-0.2, 0) is 27.9 Å². The van der Waals surface area contributed by atoms with E-state index in [4.69, 9.17) is 11.6 Å². The molecule has 0 bridgehead atoms. The predicted molar refractivity (Wildman–Crippen MR) is 84.3 cm³/mol. The van der Waals surface area contributed by atoms with Gasteiger partial charge in [0.1, 0.15) is 11.6 Å². The van der Waals surface area contributed by atoms with Gasteiger partial charge in [0.2, 0.25) is 5.91 Å². The van der Waals surface area contributed by atoms with Crippen molar-refractivity contribution >= 4 is 39.6 Å². The topological polar surface area (TPSA) is 46.2 Å². The van der Waals surface area contributed by atoms with Crippen LogP contribution in [-0.4, -0.2) is 15.9 Å². The molecule has 7 heteroatoms. The molecule has 1 N–H and O–H groups in total. The Morgan fingerprint density at radius 1 is 1.38 bits per heavy atom. The van der Waals surface area contributed by atoms with Gasteiger partial charge in [0.25, 0.3) is 0 Å². The second-order valence-electron chi connectivity index (χ2n) is 4.32. The Balaban J connectivity index is 1.82. The summed E-state index contributed by atoms with van der Waals surface area (Å²) in [5.74, 6) is -0.687. The van der Waals surface area contributed by atoms with E-state index in [1.807, 2.05) is 17.5 Å². The Hall–Kier alpha value is -1.24. The first-order valence-electron chi connectivity index (χ1n) is 6.12. The number of carbonyl (C=O) groups is 1. The number of rotatable bonds is 6. The van der Waals surface area contributed by atoms with Crippen molar-refractivity contribution in [2.24, 2.45) is 0 Å². The maximum absolute atomic E-state index is 12.9. The highest BCUT2D eigenvalue weighted by Gasteiger charge is 2.11. The third-order valence-corrected chi connectivity index (χ3v) is 5.11. The average Bonchev–Trinajstić information content (AvgIpc) is 2.93. The number of halogens is 2. The van der Waals surface area contributed by atoms with Gasteiger partial charge in [-0.25, -0.2) is 4.39 Å². The lowest BCUT2D eigenvalue weighted by molar-refractivity contribution is -0.118. The van der Waals surface area contributed by atoms with Crippen LogP contribution in [0, 0.1) is 5.82 Å². The van der Waals surface area contributed by atoms with Crippen molar-refractivity contribution in [3.05, 3.63) is 57.0 Å². The van der Waals surface area contributed by atoms with Gasteiger partial charge in [-0.1, -0.05) is 23.7 Å². The van der Waals surface area contributed by atoms with Crippen molar-refractivity contribution < 1.29 is 13.4 Å². The van der Waals surface area contributed by atoms with Crippen molar-refractivity contribution in [1.29, 1.82) is 0 Å². The summed E-state index contributed by atoms with van der Waals surface area (Å²) in [6.45, 7) is 0.436. The lowest BCUT2D eigenvalue weighted by Gasteiger charge is -2.06. The minimum Gasteiger partial charge on any atom is -0.350 e. The fraction of sp³-hybridized carbons (Fsp3) is 0.214. The van der Waals surface area contributed by atoms with E-state index in [9.17, 15) is 13.4 Å². The molecule has 1 unspecified atom stereocenters. The van der Waals surface area contributed by atoms with Crippen LogP contribution in [0.4, 0.5) is 4.39 Å². The molecule has 1 aromatic carbocycles. The summed E-state index contributed by atoms with van der Waals surface area (Å²) in [5, 5.41) is 4.86. The number of benzene rings is 1. The monoisotopic (exact) mass is 345 g/mol. The molecular formula is C14H13ClFNO2S2. The number of thiophene rings is 1. The Morgan fingerprint density at radius 3 is 2.86 bits per heavy atom. The molecule has 0 radical (unpaired) electrons. The molecular weight excluding hydrogens is 333 g/mol. The highest BCUT2D eigenvalue weighted by atomic mass is 35.5. The molecule has 2 rings (SSSR count). The van der Waals surface area contributed by atoms with E-state index in [2.05, 4.69) is 5.32 Å². The Kier molecular flexibility index (Phi) is 5.90. The third kappa shape index (κ3) is 5.22. The second kappa shape index (κ2) is 7.68. The summed E-state index contributed by atoms with van der Waals surface area (Å²) in [6, 6.07) is 7.74. The van der Waals surface area contributed by atoms with E-state index in [0.717, 1.165) is 4.88 Å². The first-order valence-corrected chi connectivity index (χ1v) is 8.87. The summed E-state index contributed by atoms with van der Waals surface area (Å²) >= 11 is 7.41. The predicted octanol–water partition coefficient (Wildman–Crippen LogP) is 3.11. The second-order valence-corrected chi connectivity index (χ2v) is 7.22. The van der Waals surface area contributed by atoms with Gasteiger partial charge in [-0.3, -0.25) is 9.00 Å². The Morgan fingerprint density at radius 2 is 2.19 bits per heavy atom. The molecule has 1 aromatic heterocycles. The summed E-state index contributed by atoms with van der Waals surface area (Å²) in [6.07, 6.45) is 0. The van der Waals surface area contributed by atoms with Crippen molar-refractivity contribution in [3.63, 3.8) is 0 Å². The van der Waals surface area contributed by atoms with Gasteiger partial charge in [0.05, 0.1) is 12.3 Å². The molecule has 21 heavy (non-hydrogen) atoms. The maximum atomic E-state index is 12.9. The number of carbonyl (C=O) groups excluding carboxylic acids is 1. The molecule has 0 spiro atoms. The van der Waals surface area contributed by atoms with Crippen LogP contribution in [0.15, 0.2) is 35.7 Å². The molecule has 0 aliphatic carbocycles. The van der Waals surface area contributed by atoms with Gasteiger partial charge >= 0.3 is 0 Å². The van der Waals surface area contributed by atoms with Crippen LogP contribution in [0.3, 0.4) is 0 Å². The van der Waals surface area contributed by atoms with Crippen LogP contribution in [0.5, 0.6) is 0 Å². The smallest absolute Gasteiger partial charge is 0.232 e. The molecule has 1 atom stereocenters. The molecule has 112 valence electrons. The first kappa shape index (κ1) is 16.1.